The van der Waals surface area contributed by atoms with Crippen LogP contribution in [0.25, 0.3) is 0 Å². The molecule has 4 bridgehead atoms. The lowest BCUT2D eigenvalue weighted by Gasteiger charge is -2.68. The third-order valence-corrected chi connectivity index (χ3v) is 11.8. The zero-order valence-corrected chi connectivity index (χ0v) is 21.4. The lowest BCUT2D eigenvalue weighted by atomic mass is 9.43. The number of hydrogen-bond donors (Lipinski definition) is 1. The van der Waals surface area contributed by atoms with E-state index in [1.165, 1.54) is 42.5 Å². The molecule has 0 aromatic heterocycles. The molecule has 2 saturated heterocycles. The third-order valence-electron chi connectivity index (χ3n) is 11.8. The summed E-state index contributed by atoms with van der Waals surface area (Å²) in [6, 6.07) is 12.1. The molecule has 5 unspecified atom stereocenters. The van der Waals surface area contributed by atoms with Gasteiger partial charge in [-0.25, -0.2) is 0 Å². The Balaban J connectivity index is 1.21. The highest BCUT2D eigenvalue weighted by molar-refractivity contribution is 5.95. The van der Waals surface area contributed by atoms with Gasteiger partial charge in [-0.05, 0) is 110 Å². The van der Waals surface area contributed by atoms with E-state index in [0.717, 1.165) is 50.8 Å². The van der Waals surface area contributed by atoms with Crippen LogP contribution in [0.1, 0.15) is 72.0 Å². The Morgan fingerprint density at radius 2 is 1.89 bits per heavy atom. The summed E-state index contributed by atoms with van der Waals surface area (Å²) in [7, 11) is 0. The Morgan fingerprint density at radius 1 is 1.05 bits per heavy atom. The topological polar surface area (TPSA) is 43.8 Å². The van der Waals surface area contributed by atoms with Crippen molar-refractivity contribution in [3.8, 4) is 5.75 Å². The molecule has 6 aliphatic rings. The first-order valence-electron chi connectivity index (χ1n) is 14.3. The quantitative estimate of drug-likeness (QED) is 0.545. The number of halogens is 3. The van der Waals surface area contributed by atoms with Crippen LogP contribution in [0, 0.1) is 17.3 Å². The van der Waals surface area contributed by atoms with Crippen molar-refractivity contribution in [3.63, 3.8) is 0 Å². The molecule has 3 saturated carbocycles. The fourth-order valence-corrected chi connectivity index (χ4v) is 10.4. The first kappa shape index (κ1) is 23.4. The molecule has 7 heteroatoms. The number of rotatable bonds is 2. The number of alkyl halides is 3. The minimum absolute atomic E-state index is 0.0295. The van der Waals surface area contributed by atoms with Crippen molar-refractivity contribution in [1.82, 2.24) is 9.80 Å². The van der Waals surface area contributed by atoms with Crippen molar-refractivity contribution < 1.29 is 23.1 Å². The maximum atomic E-state index is 13.8. The number of phenolic OH excluding ortho intramolecular Hbond substituents is 1. The fourth-order valence-electron chi connectivity index (χ4n) is 10.4. The van der Waals surface area contributed by atoms with Gasteiger partial charge in [0.2, 0.25) is 0 Å². The van der Waals surface area contributed by atoms with E-state index in [4.69, 9.17) is 0 Å². The van der Waals surface area contributed by atoms with Crippen molar-refractivity contribution >= 4 is 5.91 Å². The third kappa shape index (κ3) is 2.79. The van der Waals surface area contributed by atoms with Crippen LogP contribution in [0.5, 0.6) is 5.75 Å². The van der Waals surface area contributed by atoms with E-state index >= 15 is 0 Å². The molecule has 1 N–H and O–H groups in total. The average Bonchev–Trinajstić information content (AvgIpc) is 3.30. The lowest BCUT2D eigenvalue weighted by Crippen LogP contribution is -2.71. The van der Waals surface area contributed by atoms with Gasteiger partial charge in [0.25, 0.3) is 5.91 Å². The van der Waals surface area contributed by atoms with Crippen molar-refractivity contribution in [2.24, 2.45) is 17.3 Å². The number of piperidine rings is 1. The smallest absolute Gasteiger partial charge is 0.416 e. The second kappa shape index (κ2) is 7.56. The molecule has 6 atom stereocenters. The summed E-state index contributed by atoms with van der Waals surface area (Å²) in [6.45, 7) is 1.68. The number of likely N-dealkylation sites (tertiary alicyclic amines) is 2. The van der Waals surface area contributed by atoms with E-state index < -0.39 is 11.7 Å². The molecule has 38 heavy (non-hydrogen) atoms. The molecular weight excluding hydrogens is 489 g/mol. The van der Waals surface area contributed by atoms with Gasteiger partial charge in [-0.2, -0.15) is 13.2 Å². The number of aromatic hydroxyl groups is 1. The molecular formula is C31H33F3N2O2. The van der Waals surface area contributed by atoms with E-state index in [1.807, 2.05) is 17.0 Å². The maximum absolute atomic E-state index is 13.8. The molecule has 4 aliphatic carbocycles. The summed E-state index contributed by atoms with van der Waals surface area (Å²) in [5, 5.41) is 10.6. The van der Waals surface area contributed by atoms with Gasteiger partial charge in [0, 0.05) is 35.6 Å². The Bertz CT molecular complexity index is 1340. The maximum Gasteiger partial charge on any atom is 0.416 e. The van der Waals surface area contributed by atoms with Gasteiger partial charge in [0.15, 0.2) is 0 Å². The fraction of sp³-hybridized carbons (Fsp3) is 0.581. The number of benzene rings is 2. The number of fused-ring (bicyclic) bond motifs is 1. The highest BCUT2D eigenvalue weighted by Crippen LogP contribution is 2.75. The standard InChI is InChI=1S/C31H33F3N2O2/c32-31(33,34)21-4-1-3-19(13-21)28(38)36-17-20-16-29-10-9-25(36)27(20)30(29)11-12-35(22-5-2-6-22)26(29)14-18-7-8-23(37)15-24(18)30/h1,3-4,7-8,13,15,20,22,25-27,37H,2,5-6,9-12,14,16-17H2/t20-,25?,26?,27?,29?,30?/m1/s1. The van der Waals surface area contributed by atoms with Gasteiger partial charge in [-0.15, -0.1) is 0 Å². The predicted octanol–water partition coefficient (Wildman–Crippen LogP) is 5.77. The largest absolute Gasteiger partial charge is 0.508 e. The Hall–Kier alpha value is -2.54. The molecule has 200 valence electrons. The summed E-state index contributed by atoms with van der Waals surface area (Å²) in [6.07, 6.45) is 4.52. The van der Waals surface area contributed by atoms with Crippen LogP contribution in [0.4, 0.5) is 13.2 Å². The normalized spacial score (nSPS) is 37.5. The number of carbonyl (C=O) groups is 1. The second-order valence-corrected chi connectivity index (χ2v) is 12.9. The van der Waals surface area contributed by atoms with Crippen LogP contribution >= 0.6 is 0 Å². The van der Waals surface area contributed by atoms with E-state index in [9.17, 15) is 23.1 Å². The van der Waals surface area contributed by atoms with Crippen LogP contribution < -0.4 is 0 Å². The summed E-state index contributed by atoms with van der Waals surface area (Å²) < 4.78 is 40.2. The van der Waals surface area contributed by atoms with Crippen LogP contribution in [-0.4, -0.2) is 52.0 Å². The highest BCUT2D eigenvalue weighted by Gasteiger charge is 2.76. The second-order valence-electron chi connectivity index (χ2n) is 12.9. The number of hydrogen-bond acceptors (Lipinski definition) is 3. The summed E-state index contributed by atoms with van der Waals surface area (Å²) >= 11 is 0. The predicted molar refractivity (Wildman–Crippen MR) is 136 cm³/mol. The number of phenols is 1. The average molecular weight is 523 g/mol. The van der Waals surface area contributed by atoms with E-state index in [1.54, 1.807) is 0 Å². The first-order chi connectivity index (χ1) is 18.2. The molecule has 5 fully saturated rings. The van der Waals surface area contributed by atoms with E-state index in [-0.39, 0.29) is 34.3 Å². The van der Waals surface area contributed by atoms with Gasteiger partial charge >= 0.3 is 6.18 Å². The Labute approximate surface area is 220 Å². The van der Waals surface area contributed by atoms with Crippen molar-refractivity contribution in [3.05, 3.63) is 64.7 Å². The Kier molecular flexibility index (Phi) is 4.64. The summed E-state index contributed by atoms with van der Waals surface area (Å²) in [4.78, 5) is 18.5. The van der Waals surface area contributed by atoms with Gasteiger partial charge in [-0.1, -0.05) is 18.6 Å². The molecule has 2 aromatic carbocycles. The number of nitrogens with zero attached hydrogens (tertiary/aromatic N) is 2. The molecule has 1 amide bonds. The molecule has 4 nitrogen and oxygen atoms in total. The number of carbonyl (C=O) groups excluding carboxylic acids is 1. The minimum atomic E-state index is -4.47. The van der Waals surface area contributed by atoms with Crippen molar-refractivity contribution in [2.75, 3.05) is 13.1 Å². The molecule has 0 spiro atoms. The van der Waals surface area contributed by atoms with Crippen LogP contribution in [-0.2, 0) is 18.0 Å². The monoisotopic (exact) mass is 522 g/mol. The minimum Gasteiger partial charge on any atom is -0.508 e. The van der Waals surface area contributed by atoms with E-state index in [2.05, 4.69) is 11.0 Å². The van der Waals surface area contributed by atoms with E-state index in [0.29, 0.717) is 30.3 Å². The molecule has 8 rings (SSSR count). The van der Waals surface area contributed by atoms with Crippen LogP contribution in [0.15, 0.2) is 42.5 Å². The summed E-state index contributed by atoms with van der Waals surface area (Å²) in [5.41, 5.74) is 2.07. The van der Waals surface area contributed by atoms with Gasteiger partial charge in [0.1, 0.15) is 5.75 Å². The molecule has 2 aromatic rings. The van der Waals surface area contributed by atoms with Gasteiger partial charge in [-0.3, -0.25) is 9.69 Å². The summed E-state index contributed by atoms with van der Waals surface area (Å²) in [5.74, 6) is 0.671. The number of amides is 1. The Morgan fingerprint density at radius 3 is 2.66 bits per heavy atom. The van der Waals surface area contributed by atoms with Crippen LogP contribution in [0.2, 0.25) is 0 Å². The zero-order valence-electron chi connectivity index (χ0n) is 21.4. The molecule has 2 heterocycles. The highest BCUT2D eigenvalue weighted by atomic mass is 19.4. The van der Waals surface area contributed by atoms with Crippen molar-refractivity contribution in [1.29, 1.82) is 0 Å². The van der Waals surface area contributed by atoms with Gasteiger partial charge < -0.3 is 10.0 Å². The van der Waals surface area contributed by atoms with Gasteiger partial charge in [0.05, 0.1) is 5.56 Å². The first-order valence-corrected chi connectivity index (χ1v) is 14.3. The van der Waals surface area contributed by atoms with Crippen molar-refractivity contribution in [2.45, 2.75) is 81.1 Å². The lowest BCUT2D eigenvalue weighted by molar-refractivity contribution is -0.137. The molecule has 0 radical (unpaired) electrons. The zero-order chi connectivity index (χ0) is 26.0. The SMILES string of the molecule is O=C(c1cccc(C(F)(F)F)c1)N1C[C@H]2CC34CCC1C2C31CCN(C2CCC2)C4Cc2ccc(O)cc21. The van der Waals surface area contributed by atoms with Crippen LogP contribution in [0.3, 0.4) is 0 Å². The molecule has 2 aliphatic heterocycles.